The molecule has 1 N–H and O–H groups in total. The molecule has 158 valence electrons. The number of urea groups is 1. The van der Waals surface area contributed by atoms with Crippen LogP contribution in [0.2, 0.25) is 5.02 Å². The van der Waals surface area contributed by atoms with Gasteiger partial charge in [0.05, 0.1) is 6.54 Å². The second kappa shape index (κ2) is 7.58. The largest absolute Gasteiger partial charge is 0.325 e. The number of imide groups is 1. The maximum atomic E-state index is 13.2. The van der Waals surface area contributed by atoms with Crippen LogP contribution in [0.25, 0.3) is 5.69 Å². The summed E-state index contributed by atoms with van der Waals surface area (Å²) in [6.45, 7) is 5.54. The third-order valence-corrected chi connectivity index (χ3v) is 6.87. The van der Waals surface area contributed by atoms with Crippen LogP contribution in [0.3, 0.4) is 0 Å². The van der Waals surface area contributed by atoms with Gasteiger partial charge in [0.2, 0.25) is 0 Å². The molecule has 0 bridgehead atoms. The fourth-order valence-corrected chi connectivity index (χ4v) is 5.03. The topological polar surface area (TPSA) is 71.4 Å². The number of aryl methyl sites for hydroxylation is 1. The Kier molecular flexibility index (Phi) is 5.22. The third-order valence-electron chi connectivity index (χ3n) is 6.62. The Bertz CT molecular complexity index is 1030. The SMILES string of the molecule is Cc1cc(C(=O)CN2C(=O)N[C@@]3(CCCC[C@H]3C)C2=O)c(C)n1-c1ccc(Cl)cc1. The summed E-state index contributed by atoms with van der Waals surface area (Å²) in [7, 11) is 0. The molecule has 6 nitrogen and oxygen atoms in total. The first-order valence-corrected chi connectivity index (χ1v) is 10.7. The molecule has 0 radical (unpaired) electrons. The Balaban J connectivity index is 1.59. The Labute approximate surface area is 181 Å². The van der Waals surface area contributed by atoms with Crippen molar-refractivity contribution in [1.82, 2.24) is 14.8 Å². The average molecular weight is 428 g/mol. The average Bonchev–Trinajstić information content (AvgIpc) is 3.13. The van der Waals surface area contributed by atoms with E-state index >= 15 is 0 Å². The van der Waals surface area contributed by atoms with Crippen LogP contribution in [0.4, 0.5) is 4.79 Å². The van der Waals surface area contributed by atoms with Crippen molar-refractivity contribution in [2.45, 2.75) is 52.0 Å². The highest BCUT2D eigenvalue weighted by atomic mass is 35.5. The molecule has 7 heteroatoms. The maximum Gasteiger partial charge on any atom is 0.325 e. The first-order chi connectivity index (χ1) is 14.2. The molecule has 4 rings (SSSR count). The normalized spacial score (nSPS) is 23.9. The number of aromatic nitrogens is 1. The van der Waals surface area contributed by atoms with E-state index in [2.05, 4.69) is 5.32 Å². The predicted octanol–water partition coefficient (Wildman–Crippen LogP) is 4.43. The zero-order chi connectivity index (χ0) is 21.6. The molecular formula is C23H26ClN3O3. The monoisotopic (exact) mass is 427 g/mol. The van der Waals surface area contributed by atoms with E-state index in [1.165, 1.54) is 0 Å². The van der Waals surface area contributed by atoms with Crippen LogP contribution in [0, 0.1) is 19.8 Å². The van der Waals surface area contributed by atoms with Crippen molar-refractivity contribution in [2.75, 3.05) is 6.54 Å². The van der Waals surface area contributed by atoms with Crippen LogP contribution in [0.15, 0.2) is 30.3 Å². The smallest absolute Gasteiger partial charge is 0.323 e. The van der Waals surface area contributed by atoms with Crippen LogP contribution in [0.5, 0.6) is 0 Å². The number of nitrogens with one attached hydrogen (secondary N) is 1. The van der Waals surface area contributed by atoms with Gasteiger partial charge in [-0.05, 0) is 62.9 Å². The van der Waals surface area contributed by atoms with Gasteiger partial charge in [0.15, 0.2) is 5.78 Å². The Morgan fingerprint density at radius 1 is 1.20 bits per heavy atom. The summed E-state index contributed by atoms with van der Waals surface area (Å²) in [5, 5.41) is 3.55. The second-order valence-electron chi connectivity index (χ2n) is 8.46. The number of Topliss-reactive ketones (excluding diaryl/α,β-unsaturated/α-hetero) is 1. The second-order valence-corrected chi connectivity index (χ2v) is 8.90. The van der Waals surface area contributed by atoms with Gasteiger partial charge in [-0.25, -0.2) is 4.79 Å². The van der Waals surface area contributed by atoms with Crippen molar-refractivity contribution in [3.05, 3.63) is 52.3 Å². The fourth-order valence-electron chi connectivity index (χ4n) is 4.90. The van der Waals surface area contributed by atoms with E-state index in [-0.39, 0.29) is 24.2 Å². The molecular weight excluding hydrogens is 402 g/mol. The van der Waals surface area contributed by atoms with Gasteiger partial charge in [-0.2, -0.15) is 0 Å². The summed E-state index contributed by atoms with van der Waals surface area (Å²) in [6.07, 6.45) is 3.49. The quantitative estimate of drug-likeness (QED) is 0.579. The van der Waals surface area contributed by atoms with Gasteiger partial charge in [0.25, 0.3) is 5.91 Å². The molecule has 1 saturated heterocycles. The summed E-state index contributed by atoms with van der Waals surface area (Å²) < 4.78 is 1.97. The molecule has 2 heterocycles. The number of ketones is 1. The molecule has 1 saturated carbocycles. The lowest BCUT2D eigenvalue weighted by atomic mass is 9.73. The lowest BCUT2D eigenvalue weighted by Crippen LogP contribution is -2.54. The molecule has 1 aromatic carbocycles. The highest BCUT2D eigenvalue weighted by Crippen LogP contribution is 2.38. The first kappa shape index (κ1) is 20.7. The zero-order valence-electron chi connectivity index (χ0n) is 17.5. The van der Waals surface area contributed by atoms with E-state index in [0.717, 1.165) is 41.2 Å². The number of halogens is 1. The molecule has 1 spiro atoms. The zero-order valence-corrected chi connectivity index (χ0v) is 18.3. The number of carbonyl (C=O) groups excluding carboxylic acids is 3. The molecule has 2 aromatic rings. The van der Waals surface area contributed by atoms with Crippen LogP contribution in [-0.2, 0) is 4.79 Å². The van der Waals surface area contributed by atoms with E-state index < -0.39 is 11.6 Å². The molecule has 30 heavy (non-hydrogen) atoms. The summed E-state index contributed by atoms with van der Waals surface area (Å²) in [5.74, 6) is -0.440. The lowest BCUT2D eigenvalue weighted by Gasteiger charge is -2.36. The minimum Gasteiger partial charge on any atom is -0.323 e. The number of hydrogen-bond acceptors (Lipinski definition) is 3. The number of rotatable bonds is 4. The van der Waals surface area contributed by atoms with Crippen LogP contribution in [0.1, 0.15) is 54.4 Å². The molecule has 1 aliphatic heterocycles. The van der Waals surface area contributed by atoms with Crippen LogP contribution >= 0.6 is 11.6 Å². The van der Waals surface area contributed by atoms with Crippen molar-refractivity contribution < 1.29 is 14.4 Å². The van der Waals surface area contributed by atoms with Gasteiger partial charge in [0.1, 0.15) is 5.54 Å². The summed E-state index contributed by atoms with van der Waals surface area (Å²) in [4.78, 5) is 40.0. The first-order valence-electron chi connectivity index (χ1n) is 10.4. The van der Waals surface area contributed by atoms with E-state index in [1.807, 2.05) is 43.5 Å². The summed E-state index contributed by atoms with van der Waals surface area (Å²) in [5.41, 5.74) is 2.23. The highest BCUT2D eigenvalue weighted by Gasteiger charge is 2.55. The van der Waals surface area contributed by atoms with Gasteiger partial charge in [0, 0.05) is 27.7 Å². The molecule has 2 fully saturated rings. The molecule has 2 atom stereocenters. The number of nitrogens with zero attached hydrogens (tertiary/aromatic N) is 2. The van der Waals surface area contributed by atoms with Crippen molar-refractivity contribution in [3.8, 4) is 5.69 Å². The van der Waals surface area contributed by atoms with Gasteiger partial charge >= 0.3 is 6.03 Å². The van der Waals surface area contributed by atoms with Crippen molar-refractivity contribution in [1.29, 1.82) is 0 Å². The molecule has 3 amide bonds. The van der Waals surface area contributed by atoms with Gasteiger partial charge in [-0.15, -0.1) is 0 Å². The minimum atomic E-state index is -0.851. The summed E-state index contributed by atoms with van der Waals surface area (Å²) in [6, 6.07) is 8.73. The number of amides is 3. The lowest BCUT2D eigenvalue weighted by molar-refractivity contribution is -0.133. The number of benzene rings is 1. The maximum absolute atomic E-state index is 13.2. The van der Waals surface area contributed by atoms with Crippen LogP contribution in [-0.4, -0.2) is 39.3 Å². The Morgan fingerprint density at radius 2 is 1.90 bits per heavy atom. The van der Waals surface area contributed by atoms with E-state index in [0.29, 0.717) is 17.0 Å². The van der Waals surface area contributed by atoms with Crippen molar-refractivity contribution in [3.63, 3.8) is 0 Å². The van der Waals surface area contributed by atoms with Crippen molar-refractivity contribution >= 4 is 29.3 Å². The van der Waals surface area contributed by atoms with Gasteiger partial charge in [-0.1, -0.05) is 31.4 Å². The number of hydrogen-bond donors (Lipinski definition) is 1. The fraction of sp³-hybridized carbons (Fsp3) is 0.435. The number of carbonyl (C=O) groups is 3. The third kappa shape index (κ3) is 3.23. The van der Waals surface area contributed by atoms with Gasteiger partial charge in [-0.3, -0.25) is 14.5 Å². The van der Waals surface area contributed by atoms with Crippen LogP contribution < -0.4 is 5.32 Å². The molecule has 1 aromatic heterocycles. The van der Waals surface area contributed by atoms with Gasteiger partial charge < -0.3 is 9.88 Å². The van der Waals surface area contributed by atoms with Crippen molar-refractivity contribution in [2.24, 2.45) is 5.92 Å². The molecule has 0 unspecified atom stereocenters. The van der Waals surface area contributed by atoms with E-state index in [4.69, 9.17) is 11.6 Å². The highest BCUT2D eigenvalue weighted by molar-refractivity contribution is 6.30. The standard InChI is InChI=1S/C23H26ClN3O3/c1-14-6-4-5-11-23(14)21(29)26(22(30)25-23)13-20(28)19-12-15(2)27(16(19)3)18-9-7-17(24)8-10-18/h7-10,12,14H,4-6,11,13H2,1-3H3,(H,25,30)/t14-,23-/m1/s1. The Morgan fingerprint density at radius 3 is 2.57 bits per heavy atom. The van der Waals surface area contributed by atoms with E-state index in [9.17, 15) is 14.4 Å². The summed E-state index contributed by atoms with van der Waals surface area (Å²) >= 11 is 5.99. The molecule has 2 aliphatic rings. The predicted molar refractivity (Wildman–Crippen MR) is 115 cm³/mol. The molecule has 1 aliphatic carbocycles. The Hall–Kier alpha value is -2.60. The minimum absolute atomic E-state index is 0.0674. The van der Waals surface area contributed by atoms with E-state index in [1.54, 1.807) is 12.1 Å².